The highest BCUT2D eigenvalue weighted by Crippen LogP contribution is 2.28. The van der Waals surface area contributed by atoms with Crippen molar-refractivity contribution in [2.45, 2.75) is 13.3 Å². The fourth-order valence-electron chi connectivity index (χ4n) is 2.65. The SMILES string of the molecule is CCOCCCNC(=O)/C(C#N)=C/c1c(-c2ccccc2)nc2sccn12. The number of rotatable bonds is 8. The van der Waals surface area contributed by atoms with E-state index in [4.69, 9.17) is 4.74 Å². The second kappa shape index (κ2) is 9.12. The summed E-state index contributed by atoms with van der Waals surface area (Å²) in [7, 11) is 0. The summed E-state index contributed by atoms with van der Waals surface area (Å²) in [6, 6.07) is 11.7. The van der Waals surface area contributed by atoms with Gasteiger partial charge in [0, 0.05) is 36.9 Å². The third kappa shape index (κ3) is 4.42. The molecule has 1 amide bonds. The average molecular weight is 380 g/mol. The molecular formula is C20H20N4O2S. The zero-order chi connectivity index (χ0) is 19.1. The largest absolute Gasteiger partial charge is 0.382 e. The summed E-state index contributed by atoms with van der Waals surface area (Å²) in [5.41, 5.74) is 2.46. The minimum absolute atomic E-state index is 0.0524. The molecule has 7 heteroatoms. The fourth-order valence-corrected chi connectivity index (χ4v) is 3.37. The Labute approximate surface area is 161 Å². The highest BCUT2D eigenvalue weighted by Gasteiger charge is 2.16. The van der Waals surface area contributed by atoms with Gasteiger partial charge in [-0.05, 0) is 19.4 Å². The third-order valence-electron chi connectivity index (χ3n) is 3.95. The van der Waals surface area contributed by atoms with Crippen molar-refractivity contribution in [1.29, 1.82) is 5.26 Å². The van der Waals surface area contributed by atoms with E-state index in [0.29, 0.717) is 26.2 Å². The van der Waals surface area contributed by atoms with Gasteiger partial charge in [0.05, 0.1) is 11.4 Å². The number of aromatic nitrogens is 2. The van der Waals surface area contributed by atoms with E-state index < -0.39 is 5.91 Å². The van der Waals surface area contributed by atoms with Crippen molar-refractivity contribution in [3.8, 4) is 17.3 Å². The Balaban J connectivity index is 1.88. The molecule has 0 atom stereocenters. The van der Waals surface area contributed by atoms with Crippen molar-refractivity contribution in [2.75, 3.05) is 19.8 Å². The second-order valence-corrected chi connectivity index (χ2v) is 6.62. The normalized spacial score (nSPS) is 11.5. The molecule has 0 saturated carbocycles. The number of carbonyl (C=O) groups is 1. The molecule has 27 heavy (non-hydrogen) atoms. The first-order chi connectivity index (χ1) is 13.2. The third-order valence-corrected chi connectivity index (χ3v) is 4.70. The monoisotopic (exact) mass is 380 g/mol. The van der Waals surface area contributed by atoms with E-state index >= 15 is 0 Å². The number of imidazole rings is 1. The Kier molecular flexibility index (Phi) is 6.36. The molecule has 3 rings (SSSR count). The van der Waals surface area contributed by atoms with E-state index in [1.54, 1.807) is 6.08 Å². The first-order valence-electron chi connectivity index (χ1n) is 8.73. The van der Waals surface area contributed by atoms with E-state index in [0.717, 1.165) is 21.9 Å². The minimum Gasteiger partial charge on any atom is -0.382 e. The van der Waals surface area contributed by atoms with Crippen molar-refractivity contribution in [3.63, 3.8) is 0 Å². The number of fused-ring (bicyclic) bond motifs is 1. The summed E-state index contributed by atoms with van der Waals surface area (Å²) in [5.74, 6) is -0.391. The van der Waals surface area contributed by atoms with Gasteiger partial charge in [-0.2, -0.15) is 5.26 Å². The van der Waals surface area contributed by atoms with Crippen molar-refractivity contribution in [2.24, 2.45) is 0 Å². The Bertz CT molecular complexity index is 982. The predicted molar refractivity (Wildman–Crippen MR) is 106 cm³/mol. The number of ether oxygens (including phenoxy) is 1. The van der Waals surface area contributed by atoms with Crippen LogP contribution in [0.2, 0.25) is 0 Å². The Hall–Kier alpha value is -2.95. The molecule has 0 spiro atoms. The standard InChI is InChI=1S/C20H20N4O2S/c1-2-26-11-6-9-22-19(25)16(14-21)13-17-18(15-7-4-3-5-8-15)23-20-24(17)10-12-27-20/h3-5,7-8,10,12-13H,2,6,9,11H2,1H3,(H,22,25)/b16-13+. The molecule has 138 valence electrons. The topological polar surface area (TPSA) is 79.4 Å². The van der Waals surface area contributed by atoms with Crippen LogP contribution in [0.5, 0.6) is 0 Å². The van der Waals surface area contributed by atoms with E-state index in [1.807, 2.05) is 59.3 Å². The van der Waals surface area contributed by atoms with Gasteiger partial charge in [0.15, 0.2) is 4.96 Å². The maximum absolute atomic E-state index is 12.4. The van der Waals surface area contributed by atoms with E-state index in [9.17, 15) is 10.1 Å². The number of nitrogens with one attached hydrogen (secondary N) is 1. The lowest BCUT2D eigenvalue weighted by molar-refractivity contribution is -0.117. The number of thiazole rings is 1. The maximum atomic E-state index is 12.4. The van der Waals surface area contributed by atoms with Crippen LogP contribution < -0.4 is 5.32 Å². The molecular weight excluding hydrogens is 360 g/mol. The fraction of sp³-hybridized carbons (Fsp3) is 0.250. The van der Waals surface area contributed by atoms with Gasteiger partial charge >= 0.3 is 0 Å². The van der Waals surface area contributed by atoms with Crippen LogP contribution in [-0.4, -0.2) is 35.1 Å². The molecule has 0 aliphatic rings. The van der Waals surface area contributed by atoms with Crippen molar-refractivity contribution in [3.05, 3.63) is 53.2 Å². The van der Waals surface area contributed by atoms with E-state index in [-0.39, 0.29) is 5.57 Å². The molecule has 0 radical (unpaired) electrons. The molecule has 0 unspecified atom stereocenters. The molecule has 1 aromatic carbocycles. The summed E-state index contributed by atoms with van der Waals surface area (Å²) < 4.78 is 7.15. The Morgan fingerprint density at radius 1 is 1.41 bits per heavy atom. The van der Waals surface area contributed by atoms with Crippen LogP contribution in [0.1, 0.15) is 19.0 Å². The maximum Gasteiger partial charge on any atom is 0.262 e. The van der Waals surface area contributed by atoms with Crippen LogP contribution in [0.15, 0.2) is 47.5 Å². The van der Waals surface area contributed by atoms with Crippen molar-refractivity contribution < 1.29 is 9.53 Å². The summed E-state index contributed by atoms with van der Waals surface area (Å²) in [6.45, 7) is 3.62. The lowest BCUT2D eigenvalue weighted by atomic mass is 10.1. The molecule has 6 nitrogen and oxygen atoms in total. The van der Waals surface area contributed by atoms with Gasteiger partial charge in [-0.3, -0.25) is 9.20 Å². The molecule has 0 aliphatic carbocycles. The van der Waals surface area contributed by atoms with Gasteiger partial charge in [-0.15, -0.1) is 11.3 Å². The summed E-state index contributed by atoms with van der Waals surface area (Å²) in [5, 5.41) is 14.2. The number of amides is 1. The lowest BCUT2D eigenvalue weighted by Gasteiger charge is -2.05. The number of hydrogen-bond acceptors (Lipinski definition) is 5. The van der Waals surface area contributed by atoms with Crippen molar-refractivity contribution in [1.82, 2.24) is 14.7 Å². The number of carbonyl (C=O) groups excluding carboxylic acids is 1. The zero-order valence-electron chi connectivity index (χ0n) is 15.0. The Morgan fingerprint density at radius 2 is 2.22 bits per heavy atom. The molecule has 2 heterocycles. The quantitative estimate of drug-likeness (QED) is 0.368. The smallest absolute Gasteiger partial charge is 0.262 e. The molecule has 0 fully saturated rings. The number of hydrogen-bond donors (Lipinski definition) is 1. The average Bonchev–Trinajstić information content (AvgIpc) is 3.28. The molecule has 3 aromatic rings. The van der Waals surface area contributed by atoms with E-state index in [1.165, 1.54) is 11.3 Å². The van der Waals surface area contributed by atoms with Gasteiger partial charge < -0.3 is 10.1 Å². The Morgan fingerprint density at radius 3 is 2.96 bits per heavy atom. The molecule has 0 saturated heterocycles. The highest BCUT2D eigenvalue weighted by molar-refractivity contribution is 7.15. The van der Waals surface area contributed by atoms with Gasteiger partial charge in [-0.1, -0.05) is 30.3 Å². The highest BCUT2D eigenvalue weighted by atomic mass is 32.1. The van der Waals surface area contributed by atoms with Gasteiger partial charge in [-0.25, -0.2) is 4.98 Å². The second-order valence-electron chi connectivity index (χ2n) is 5.74. The molecule has 1 N–H and O–H groups in total. The first kappa shape index (κ1) is 18.8. The van der Waals surface area contributed by atoms with Crippen LogP contribution >= 0.6 is 11.3 Å². The lowest BCUT2D eigenvalue weighted by Crippen LogP contribution is -2.26. The molecule has 0 bridgehead atoms. The predicted octanol–water partition coefficient (Wildman–Crippen LogP) is 3.51. The van der Waals surface area contributed by atoms with Gasteiger partial charge in [0.1, 0.15) is 11.6 Å². The zero-order valence-corrected chi connectivity index (χ0v) is 15.8. The van der Waals surface area contributed by atoms with Crippen LogP contribution in [0.4, 0.5) is 0 Å². The van der Waals surface area contributed by atoms with Crippen LogP contribution in [-0.2, 0) is 9.53 Å². The number of nitriles is 1. The number of benzene rings is 1. The van der Waals surface area contributed by atoms with Gasteiger partial charge in [0.25, 0.3) is 5.91 Å². The molecule has 2 aromatic heterocycles. The van der Waals surface area contributed by atoms with Crippen LogP contribution in [0.3, 0.4) is 0 Å². The summed E-state index contributed by atoms with van der Waals surface area (Å²) in [4.78, 5) is 17.9. The number of nitrogens with zero attached hydrogens (tertiary/aromatic N) is 3. The van der Waals surface area contributed by atoms with Crippen LogP contribution in [0.25, 0.3) is 22.3 Å². The summed E-state index contributed by atoms with van der Waals surface area (Å²) >= 11 is 1.51. The van der Waals surface area contributed by atoms with Crippen molar-refractivity contribution >= 4 is 28.3 Å². The minimum atomic E-state index is -0.391. The van der Waals surface area contributed by atoms with Crippen LogP contribution in [0, 0.1) is 11.3 Å². The molecule has 0 aliphatic heterocycles. The summed E-state index contributed by atoms with van der Waals surface area (Å²) in [6.07, 6.45) is 4.20. The van der Waals surface area contributed by atoms with E-state index in [2.05, 4.69) is 10.3 Å². The first-order valence-corrected chi connectivity index (χ1v) is 9.61. The van der Waals surface area contributed by atoms with Gasteiger partial charge in [0.2, 0.25) is 0 Å².